The topological polar surface area (TPSA) is 50.5 Å². The lowest BCUT2D eigenvalue weighted by Gasteiger charge is -2.49. The molecule has 0 bridgehead atoms. The normalized spacial score (nSPS) is 33.0. The summed E-state index contributed by atoms with van der Waals surface area (Å²) in [6, 6.07) is 0.204. The molecule has 0 aromatic heterocycles. The maximum atomic E-state index is 5.70. The molecule has 4 heteroatoms. The van der Waals surface area contributed by atoms with Crippen LogP contribution in [0.1, 0.15) is 32.6 Å². The first-order valence-electron chi connectivity index (χ1n) is 6.19. The van der Waals surface area contributed by atoms with Crippen molar-refractivity contribution in [2.75, 3.05) is 27.8 Å². The lowest BCUT2D eigenvalue weighted by molar-refractivity contribution is 0.00631. The number of likely N-dealkylation sites (N-methyl/N-ethyl adjacent to an activating group) is 1. The van der Waals surface area contributed by atoms with Crippen molar-refractivity contribution in [1.29, 1.82) is 0 Å². The zero-order valence-corrected chi connectivity index (χ0v) is 11.1. The number of hydrazine groups is 1. The first-order chi connectivity index (χ1) is 7.56. The van der Waals surface area contributed by atoms with Gasteiger partial charge in [0.05, 0.1) is 12.6 Å². The van der Waals surface area contributed by atoms with Crippen molar-refractivity contribution in [3.05, 3.63) is 0 Å². The summed E-state index contributed by atoms with van der Waals surface area (Å²) in [6.07, 6.45) is 5.00. The first kappa shape index (κ1) is 13.9. The van der Waals surface area contributed by atoms with E-state index >= 15 is 0 Å². The average molecular weight is 229 g/mol. The van der Waals surface area contributed by atoms with Crippen LogP contribution in [0.3, 0.4) is 0 Å². The Morgan fingerprint density at radius 1 is 1.56 bits per heavy atom. The predicted molar refractivity (Wildman–Crippen MR) is 67.0 cm³/mol. The van der Waals surface area contributed by atoms with Gasteiger partial charge in [-0.2, -0.15) is 0 Å². The lowest BCUT2D eigenvalue weighted by Crippen LogP contribution is -2.64. The molecule has 1 aliphatic carbocycles. The molecular weight excluding hydrogens is 202 g/mol. The quantitative estimate of drug-likeness (QED) is 0.545. The third-order valence-corrected chi connectivity index (χ3v) is 4.08. The zero-order valence-electron chi connectivity index (χ0n) is 11.1. The number of ether oxygens (including phenoxy) is 1. The largest absolute Gasteiger partial charge is 0.383 e. The third kappa shape index (κ3) is 2.74. The molecule has 0 spiro atoms. The molecule has 0 aliphatic heterocycles. The van der Waals surface area contributed by atoms with Crippen LogP contribution >= 0.6 is 0 Å². The van der Waals surface area contributed by atoms with Crippen molar-refractivity contribution < 1.29 is 4.74 Å². The fourth-order valence-electron chi connectivity index (χ4n) is 3.12. The van der Waals surface area contributed by atoms with E-state index in [9.17, 15) is 0 Å². The second-order valence-corrected chi connectivity index (χ2v) is 5.37. The van der Waals surface area contributed by atoms with Crippen LogP contribution in [0.5, 0.6) is 0 Å². The maximum Gasteiger partial charge on any atom is 0.0647 e. The van der Waals surface area contributed by atoms with Gasteiger partial charge in [0.2, 0.25) is 0 Å². The number of hydrogen-bond donors (Lipinski definition) is 2. The van der Waals surface area contributed by atoms with Gasteiger partial charge >= 0.3 is 0 Å². The summed E-state index contributed by atoms with van der Waals surface area (Å²) in [7, 11) is 6.04. The monoisotopic (exact) mass is 229 g/mol. The third-order valence-electron chi connectivity index (χ3n) is 4.08. The average Bonchev–Trinajstić information content (AvgIpc) is 2.25. The van der Waals surface area contributed by atoms with Crippen LogP contribution in [0.2, 0.25) is 0 Å². The Morgan fingerprint density at radius 2 is 2.25 bits per heavy atom. The Balaban J connectivity index is 2.84. The van der Waals surface area contributed by atoms with Crippen LogP contribution in [-0.2, 0) is 4.74 Å². The molecule has 96 valence electrons. The Kier molecular flexibility index (Phi) is 5.18. The highest BCUT2D eigenvalue weighted by Crippen LogP contribution is 2.38. The molecule has 4 nitrogen and oxygen atoms in total. The smallest absolute Gasteiger partial charge is 0.0647 e. The lowest BCUT2D eigenvalue weighted by atomic mass is 9.71. The highest BCUT2D eigenvalue weighted by molar-refractivity contribution is 5.01. The molecule has 0 aromatic rings. The van der Waals surface area contributed by atoms with Gasteiger partial charge in [0.1, 0.15) is 0 Å². The van der Waals surface area contributed by atoms with Crippen molar-refractivity contribution in [3.63, 3.8) is 0 Å². The SMILES string of the molecule is COCC(NN)C1(N(C)C)CCCC(C)C1. The fourth-order valence-corrected chi connectivity index (χ4v) is 3.12. The molecule has 0 amide bonds. The van der Waals surface area contributed by atoms with Gasteiger partial charge in [0.25, 0.3) is 0 Å². The van der Waals surface area contributed by atoms with Gasteiger partial charge in [-0.05, 0) is 32.9 Å². The molecule has 0 aromatic carbocycles. The maximum absolute atomic E-state index is 5.70. The minimum atomic E-state index is 0.141. The van der Waals surface area contributed by atoms with Crippen molar-refractivity contribution in [2.24, 2.45) is 11.8 Å². The predicted octanol–water partition coefficient (Wildman–Crippen LogP) is 0.975. The molecule has 0 radical (unpaired) electrons. The van der Waals surface area contributed by atoms with E-state index in [0.717, 1.165) is 5.92 Å². The van der Waals surface area contributed by atoms with Crippen molar-refractivity contribution in [1.82, 2.24) is 10.3 Å². The van der Waals surface area contributed by atoms with Crippen LogP contribution in [0.15, 0.2) is 0 Å². The number of nitrogens with two attached hydrogens (primary N) is 1. The van der Waals surface area contributed by atoms with Gasteiger partial charge < -0.3 is 9.64 Å². The van der Waals surface area contributed by atoms with Gasteiger partial charge in [0, 0.05) is 12.6 Å². The molecule has 1 aliphatic rings. The van der Waals surface area contributed by atoms with Crippen LogP contribution in [0.4, 0.5) is 0 Å². The molecule has 1 fully saturated rings. The number of rotatable bonds is 5. The Labute approximate surface area is 99.5 Å². The summed E-state index contributed by atoms with van der Waals surface area (Å²) in [4.78, 5) is 2.33. The van der Waals surface area contributed by atoms with E-state index in [1.807, 2.05) is 0 Å². The minimum absolute atomic E-state index is 0.141. The molecule has 0 saturated heterocycles. The molecule has 1 saturated carbocycles. The van der Waals surface area contributed by atoms with E-state index in [0.29, 0.717) is 6.61 Å². The molecule has 1 rings (SSSR count). The van der Waals surface area contributed by atoms with Crippen LogP contribution in [-0.4, -0.2) is 44.3 Å². The molecule has 3 atom stereocenters. The number of methoxy groups -OCH3 is 1. The second-order valence-electron chi connectivity index (χ2n) is 5.37. The molecule has 16 heavy (non-hydrogen) atoms. The van der Waals surface area contributed by atoms with Gasteiger partial charge in [0.15, 0.2) is 0 Å². The van der Waals surface area contributed by atoms with E-state index in [1.54, 1.807) is 7.11 Å². The fraction of sp³-hybridized carbons (Fsp3) is 1.00. The molecule has 0 heterocycles. The van der Waals surface area contributed by atoms with E-state index < -0.39 is 0 Å². The number of hydrogen-bond acceptors (Lipinski definition) is 4. The van der Waals surface area contributed by atoms with E-state index in [2.05, 4.69) is 31.3 Å². The highest BCUT2D eigenvalue weighted by atomic mass is 16.5. The second kappa shape index (κ2) is 5.96. The van der Waals surface area contributed by atoms with Crippen molar-refractivity contribution in [3.8, 4) is 0 Å². The Morgan fingerprint density at radius 3 is 2.69 bits per heavy atom. The van der Waals surface area contributed by atoms with E-state index in [4.69, 9.17) is 10.6 Å². The molecule has 3 unspecified atom stereocenters. The van der Waals surface area contributed by atoms with Crippen LogP contribution in [0, 0.1) is 5.92 Å². The van der Waals surface area contributed by atoms with Crippen molar-refractivity contribution in [2.45, 2.75) is 44.2 Å². The summed E-state index contributed by atoms with van der Waals surface area (Å²) in [6.45, 7) is 3.00. The number of nitrogens with one attached hydrogen (secondary N) is 1. The first-order valence-corrected chi connectivity index (χ1v) is 6.19. The zero-order chi connectivity index (χ0) is 12.2. The molecular formula is C12H27N3O. The van der Waals surface area contributed by atoms with Gasteiger partial charge in [-0.1, -0.05) is 19.8 Å². The Bertz CT molecular complexity index is 210. The van der Waals surface area contributed by atoms with E-state index in [-0.39, 0.29) is 11.6 Å². The summed E-state index contributed by atoms with van der Waals surface area (Å²) in [5.74, 6) is 6.47. The summed E-state index contributed by atoms with van der Waals surface area (Å²) >= 11 is 0. The van der Waals surface area contributed by atoms with Gasteiger partial charge in [-0.15, -0.1) is 0 Å². The minimum Gasteiger partial charge on any atom is -0.383 e. The van der Waals surface area contributed by atoms with Gasteiger partial charge in [-0.25, -0.2) is 0 Å². The molecule has 3 N–H and O–H groups in total. The van der Waals surface area contributed by atoms with Gasteiger partial charge in [-0.3, -0.25) is 11.3 Å². The summed E-state index contributed by atoms with van der Waals surface area (Å²) in [5, 5.41) is 0. The summed E-state index contributed by atoms with van der Waals surface area (Å²) < 4.78 is 5.29. The van der Waals surface area contributed by atoms with Crippen LogP contribution in [0.25, 0.3) is 0 Å². The number of nitrogens with zero attached hydrogens (tertiary/aromatic N) is 1. The van der Waals surface area contributed by atoms with Crippen LogP contribution < -0.4 is 11.3 Å². The summed E-state index contributed by atoms with van der Waals surface area (Å²) in [5.41, 5.74) is 3.09. The van der Waals surface area contributed by atoms with Crippen molar-refractivity contribution >= 4 is 0 Å². The highest BCUT2D eigenvalue weighted by Gasteiger charge is 2.43. The Hall–Kier alpha value is -0.160. The standard InChI is InChI=1S/C12H27N3O/c1-10-6-5-7-12(8-10,15(2)3)11(14-13)9-16-4/h10-11,14H,5-9,13H2,1-4H3. The van der Waals surface area contributed by atoms with E-state index in [1.165, 1.54) is 25.7 Å².